The van der Waals surface area contributed by atoms with E-state index in [-0.39, 0.29) is 0 Å². The van der Waals surface area contributed by atoms with Gasteiger partial charge in [0.1, 0.15) is 0 Å². The van der Waals surface area contributed by atoms with Crippen LogP contribution in [-0.2, 0) is 0 Å². The molecule has 0 aliphatic carbocycles. The molecule has 0 amide bonds. The molecule has 0 atom stereocenters. The SMILES string of the molecule is C[CH2][Bi]([CH2]C)[c]1ccccc1. The van der Waals surface area contributed by atoms with Gasteiger partial charge in [0.25, 0.3) is 0 Å². The molecule has 1 heteroatoms. The minimum absolute atomic E-state index is 1.16. The average Bonchev–Trinajstić information content (AvgIpc) is 2.09. The zero-order valence-electron chi connectivity index (χ0n) is 7.25. The molecule has 0 radical (unpaired) electrons. The molecule has 0 saturated heterocycles. The summed E-state index contributed by atoms with van der Waals surface area (Å²) in [6.07, 6.45) is 0. The number of rotatable bonds is 3. The van der Waals surface area contributed by atoms with E-state index in [1.165, 1.54) is 8.26 Å². The predicted octanol–water partition coefficient (Wildman–Crippen LogP) is 2.43. The summed E-state index contributed by atoms with van der Waals surface area (Å²) in [5, 5.41) is 0. The van der Waals surface area contributed by atoms with Gasteiger partial charge in [-0.2, -0.15) is 0 Å². The van der Waals surface area contributed by atoms with Crippen LogP contribution < -0.4 is 3.27 Å². The van der Waals surface area contributed by atoms with Crippen molar-refractivity contribution >= 4 is 25.0 Å². The second-order valence-electron chi connectivity index (χ2n) is 2.51. The van der Waals surface area contributed by atoms with Crippen molar-refractivity contribution in [3.63, 3.8) is 0 Å². The Bertz CT molecular complexity index is 189. The van der Waals surface area contributed by atoms with Crippen LogP contribution in [-0.4, -0.2) is 21.8 Å². The third-order valence-electron chi connectivity index (χ3n) is 1.88. The molecule has 0 N–H and O–H groups in total. The van der Waals surface area contributed by atoms with E-state index in [0.717, 1.165) is 0 Å². The molecule has 0 heterocycles. The van der Waals surface area contributed by atoms with Crippen LogP contribution in [0.3, 0.4) is 0 Å². The van der Waals surface area contributed by atoms with Crippen LogP contribution >= 0.6 is 0 Å². The Morgan fingerprint density at radius 1 is 1.00 bits per heavy atom. The second-order valence-corrected chi connectivity index (χ2v) is 13.6. The first-order valence-electron chi connectivity index (χ1n) is 4.18. The van der Waals surface area contributed by atoms with E-state index >= 15 is 0 Å². The van der Waals surface area contributed by atoms with Crippen LogP contribution in [0.1, 0.15) is 13.8 Å². The molecule has 0 nitrogen and oxygen atoms in total. The first kappa shape index (κ1) is 9.19. The summed E-state index contributed by atoms with van der Waals surface area (Å²) in [6.45, 7) is 4.68. The van der Waals surface area contributed by atoms with E-state index in [0.29, 0.717) is 0 Å². The molecule has 0 unspecified atom stereocenters. The summed E-state index contributed by atoms with van der Waals surface area (Å²) in [5.74, 6) is 0. The van der Waals surface area contributed by atoms with Gasteiger partial charge in [0.05, 0.1) is 0 Å². The van der Waals surface area contributed by atoms with Crippen molar-refractivity contribution in [2.75, 3.05) is 0 Å². The van der Waals surface area contributed by atoms with E-state index in [9.17, 15) is 0 Å². The second kappa shape index (κ2) is 4.88. The molecule has 0 spiro atoms. The maximum absolute atomic E-state index is 2.34. The van der Waals surface area contributed by atoms with Crippen LogP contribution in [0.5, 0.6) is 0 Å². The summed E-state index contributed by atoms with van der Waals surface area (Å²) in [5.41, 5.74) is 0. The van der Waals surface area contributed by atoms with Crippen molar-refractivity contribution in [3.8, 4) is 0 Å². The standard InChI is InChI=1S/C6H5.2C2H5.Bi/c1-2-4-6-5-3-1;2*1-2;/h1-5H;2*1H2,2H3;. The Hall–Kier alpha value is 0.103. The van der Waals surface area contributed by atoms with Gasteiger partial charge in [-0.25, -0.2) is 0 Å². The Balaban J connectivity index is 2.74. The quantitative estimate of drug-likeness (QED) is 0.739. The molecule has 0 saturated carbocycles. The molecule has 0 bridgehead atoms. The van der Waals surface area contributed by atoms with Gasteiger partial charge in [-0.3, -0.25) is 0 Å². The molecule has 0 aromatic heterocycles. The summed E-state index contributed by atoms with van der Waals surface area (Å²) >= 11 is -1.16. The fourth-order valence-corrected chi connectivity index (χ4v) is 8.11. The van der Waals surface area contributed by atoms with E-state index in [1.54, 1.807) is 3.27 Å². The number of benzene rings is 1. The topological polar surface area (TPSA) is 0 Å². The monoisotopic (exact) mass is 344 g/mol. The van der Waals surface area contributed by atoms with Crippen molar-refractivity contribution < 1.29 is 0 Å². The molecule has 0 aliphatic heterocycles. The van der Waals surface area contributed by atoms with Gasteiger partial charge in [0, 0.05) is 0 Å². The molecule has 1 aromatic carbocycles. The molecule has 1 aromatic rings. The third kappa shape index (κ3) is 2.56. The molecule has 11 heavy (non-hydrogen) atoms. The molecule has 1 rings (SSSR count). The van der Waals surface area contributed by atoms with Crippen molar-refractivity contribution in [2.24, 2.45) is 0 Å². The van der Waals surface area contributed by atoms with Gasteiger partial charge >= 0.3 is 77.5 Å². The van der Waals surface area contributed by atoms with Gasteiger partial charge in [-0.15, -0.1) is 0 Å². The predicted molar refractivity (Wildman–Crippen MR) is 52.8 cm³/mol. The number of hydrogen-bond donors (Lipinski definition) is 0. The Morgan fingerprint density at radius 3 is 2.00 bits per heavy atom. The Morgan fingerprint density at radius 2 is 1.55 bits per heavy atom. The zero-order valence-corrected chi connectivity index (χ0v) is 10.7. The first-order chi connectivity index (χ1) is 5.38. The minimum atomic E-state index is -1.16. The normalized spacial score (nSPS) is 10.5. The maximum atomic E-state index is 2.34. The van der Waals surface area contributed by atoms with E-state index in [2.05, 4.69) is 44.2 Å². The van der Waals surface area contributed by atoms with E-state index in [4.69, 9.17) is 0 Å². The molecule has 60 valence electrons. The average molecular weight is 344 g/mol. The summed E-state index contributed by atoms with van der Waals surface area (Å²) < 4.78 is 4.60. The van der Waals surface area contributed by atoms with E-state index < -0.39 is 21.8 Å². The molecule has 0 fully saturated rings. The van der Waals surface area contributed by atoms with E-state index in [1.807, 2.05) is 0 Å². The van der Waals surface area contributed by atoms with Crippen molar-refractivity contribution in [1.82, 2.24) is 0 Å². The zero-order chi connectivity index (χ0) is 8.10. The van der Waals surface area contributed by atoms with Crippen LogP contribution in [0.4, 0.5) is 0 Å². The molecule has 0 aliphatic rings. The van der Waals surface area contributed by atoms with Crippen molar-refractivity contribution in [2.45, 2.75) is 22.1 Å². The van der Waals surface area contributed by atoms with Crippen molar-refractivity contribution in [1.29, 1.82) is 0 Å². The van der Waals surface area contributed by atoms with Gasteiger partial charge in [-0.1, -0.05) is 0 Å². The van der Waals surface area contributed by atoms with Crippen LogP contribution in [0.15, 0.2) is 30.3 Å². The van der Waals surface area contributed by atoms with Gasteiger partial charge in [0.2, 0.25) is 0 Å². The third-order valence-corrected chi connectivity index (χ3v) is 11.8. The first-order valence-corrected chi connectivity index (χ1v) is 10.8. The number of hydrogen-bond acceptors (Lipinski definition) is 0. The van der Waals surface area contributed by atoms with Gasteiger partial charge in [0.15, 0.2) is 0 Å². The van der Waals surface area contributed by atoms with Gasteiger partial charge < -0.3 is 0 Å². The van der Waals surface area contributed by atoms with Crippen LogP contribution in [0, 0.1) is 0 Å². The van der Waals surface area contributed by atoms with Crippen LogP contribution in [0.2, 0.25) is 8.26 Å². The molecular weight excluding hydrogens is 329 g/mol. The van der Waals surface area contributed by atoms with Gasteiger partial charge in [-0.05, 0) is 0 Å². The fraction of sp³-hybridized carbons (Fsp3) is 0.400. The molecular formula is C10H15Bi. The Kier molecular flexibility index (Phi) is 4.08. The van der Waals surface area contributed by atoms with Crippen LogP contribution in [0.25, 0.3) is 0 Å². The van der Waals surface area contributed by atoms with Crippen molar-refractivity contribution in [3.05, 3.63) is 30.3 Å². The Labute approximate surface area is 77.3 Å². The summed E-state index contributed by atoms with van der Waals surface area (Å²) in [6, 6.07) is 11.1. The summed E-state index contributed by atoms with van der Waals surface area (Å²) in [4.78, 5) is 0. The fourth-order valence-electron chi connectivity index (χ4n) is 1.23. The summed E-state index contributed by atoms with van der Waals surface area (Å²) in [7, 11) is 0.